The van der Waals surface area contributed by atoms with Crippen molar-refractivity contribution >= 4 is 0 Å². The number of hydrogen-bond acceptors (Lipinski definition) is 5. The summed E-state index contributed by atoms with van der Waals surface area (Å²) in [5, 5.41) is 50.9. The highest BCUT2D eigenvalue weighted by molar-refractivity contribution is 5.74. The predicted octanol–water partition coefficient (Wildman–Crippen LogP) is 3.62. The highest BCUT2D eigenvalue weighted by Gasteiger charge is 2.22. The van der Waals surface area contributed by atoms with Gasteiger partial charge in [0.2, 0.25) is 0 Å². The molecule has 2 rings (SSSR count). The van der Waals surface area contributed by atoms with Gasteiger partial charge in [-0.2, -0.15) is 0 Å². The van der Waals surface area contributed by atoms with Crippen LogP contribution in [-0.4, -0.2) is 25.5 Å². The van der Waals surface area contributed by atoms with Gasteiger partial charge in [-0.15, -0.1) is 0 Å². The van der Waals surface area contributed by atoms with E-state index in [0.29, 0.717) is 38.9 Å². The largest absolute Gasteiger partial charge is 0.389 e. The van der Waals surface area contributed by atoms with Crippen molar-refractivity contribution < 1.29 is 25.5 Å². The lowest BCUT2D eigenvalue weighted by molar-refractivity contribution is 0.187. The Kier molecular flexibility index (Phi) is 6.78. The summed E-state index contributed by atoms with van der Waals surface area (Å²) >= 11 is 0. The lowest BCUT2D eigenvalue weighted by Gasteiger charge is -2.23. The lowest BCUT2D eigenvalue weighted by atomic mass is 9.85. The summed E-state index contributed by atoms with van der Waals surface area (Å²) in [6.45, 7) is 8.18. The number of benzene rings is 2. The van der Waals surface area contributed by atoms with E-state index in [-0.39, 0.29) is 0 Å². The zero-order chi connectivity index (χ0) is 20.5. The Bertz CT molecular complexity index is 736. The van der Waals surface area contributed by atoms with Crippen LogP contribution in [0.2, 0.25) is 0 Å². The van der Waals surface area contributed by atoms with E-state index in [1.807, 2.05) is 0 Å². The van der Waals surface area contributed by atoms with Gasteiger partial charge < -0.3 is 25.5 Å². The monoisotopic (exact) mass is 374 g/mol. The fraction of sp³-hybridized carbons (Fsp3) is 0.455. The first-order valence-electron chi connectivity index (χ1n) is 9.26. The topological polar surface area (TPSA) is 101 Å². The molecule has 0 saturated heterocycles. The molecule has 0 radical (unpaired) electrons. The molecule has 5 nitrogen and oxygen atoms in total. The van der Waals surface area contributed by atoms with Gasteiger partial charge in [0.25, 0.3) is 0 Å². The van der Waals surface area contributed by atoms with Gasteiger partial charge in [-0.25, -0.2) is 0 Å². The first kappa shape index (κ1) is 21.5. The molecule has 2 aromatic carbocycles. The summed E-state index contributed by atoms with van der Waals surface area (Å²) in [6, 6.07) is 8.80. The van der Waals surface area contributed by atoms with Crippen LogP contribution in [0.5, 0.6) is 0 Å². The molecule has 2 aromatic rings. The average molecular weight is 374 g/mol. The maximum Gasteiger partial charge on any atom is 0.0768 e. The minimum Gasteiger partial charge on any atom is -0.389 e. The first-order chi connectivity index (χ1) is 12.5. The van der Waals surface area contributed by atoms with Crippen LogP contribution in [0.1, 0.15) is 93.0 Å². The van der Waals surface area contributed by atoms with Crippen molar-refractivity contribution in [3.63, 3.8) is 0 Å². The van der Waals surface area contributed by atoms with Crippen LogP contribution in [-0.2, 0) is 0 Å². The fourth-order valence-corrected chi connectivity index (χ4v) is 3.25. The van der Waals surface area contributed by atoms with Gasteiger partial charge in [-0.05, 0) is 97.8 Å². The van der Waals surface area contributed by atoms with E-state index in [4.69, 9.17) is 0 Å². The summed E-state index contributed by atoms with van der Waals surface area (Å²) in [6.07, 6.45) is -3.87. The van der Waals surface area contributed by atoms with E-state index in [1.165, 1.54) is 0 Å². The van der Waals surface area contributed by atoms with Crippen LogP contribution in [0.15, 0.2) is 30.3 Å². The molecule has 0 saturated carbocycles. The molecule has 0 spiro atoms. The van der Waals surface area contributed by atoms with Crippen molar-refractivity contribution in [2.45, 2.75) is 65.1 Å². The minimum absolute atomic E-state index is 0.573. The molecular weight excluding hydrogens is 344 g/mol. The molecule has 0 aliphatic heterocycles. The Balaban J connectivity index is 2.87. The molecule has 0 fully saturated rings. The van der Waals surface area contributed by atoms with Gasteiger partial charge in [0.05, 0.1) is 30.5 Å². The number of hydrogen-bond donors (Lipinski definition) is 5. The summed E-state index contributed by atoms with van der Waals surface area (Å²) < 4.78 is 0. The summed E-state index contributed by atoms with van der Waals surface area (Å²) in [7, 11) is 0. The number of rotatable bonds is 6. The van der Waals surface area contributed by atoms with Gasteiger partial charge >= 0.3 is 0 Å². The van der Waals surface area contributed by atoms with Crippen LogP contribution in [0.3, 0.4) is 0 Å². The molecule has 5 unspecified atom stereocenters. The van der Waals surface area contributed by atoms with Crippen molar-refractivity contribution in [3.05, 3.63) is 58.1 Å². The molecule has 5 heteroatoms. The van der Waals surface area contributed by atoms with Crippen molar-refractivity contribution in [1.82, 2.24) is 0 Å². The molecule has 148 valence electrons. The van der Waals surface area contributed by atoms with Crippen molar-refractivity contribution in [2.75, 3.05) is 0 Å². The molecule has 0 aliphatic carbocycles. The Morgan fingerprint density at radius 3 is 1.11 bits per heavy atom. The van der Waals surface area contributed by atoms with Gasteiger partial charge in [0.1, 0.15) is 0 Å². The van der Waals surface area contributed by atoms with Crippen LogP contribution in [0, 0.1) is 0 Å². The molecule has 0 aliphatic rings. The quantitative estimate of drug-likeness (QED) is 0.532. The Hall–Kier alpha value is -1.76. The molecular formula is C22H30O5. The molecule has 0 aromatic heterocycles. The number of aliphatic hydroxyl groups is 5. The van der Waals surface area contributed by atoms with E-state index >= 15 is 0 Å². The molecule has 0 amide bonds. The van der Waals surface area contributed by atoms with Crippen LogP contribution in [0.25, 0.3) is 11.1 Å². The fourth-order valence-electron chi connectivity index (χ4n) is 3.25. The highest BCUT2D eigenvalue weighted by Crippen LogP contribution is 2.39. The third-order valence-corrected chi connectivity index (χ3v) is 4.84. The standard InChI is InChI=1S/C22H30O5/c1-11(23)16-6-17(12(2)24)8-19(7-16)22-20(14(4)26)9-18(13(3)25)10-21(22)15(5)27/h6-15,23-27H,1-5H3. The molecule has 27 heavy (non-hydrogen) atoms. The van der Waals surface area contributed by atoms with E-state index in [9.17, 15) is 25.5 Å². The molecule has 5 atom stereocenters. The smallest absolute Gasteiger partial charge is 0.0768 e. The van der Waals surface area contributed by atoms with Gasteiger partial charge in [-0.1, -0.05) is 6.07 Å². The second kappa shape index (κ2) is 8.50. The molecule has 0 bridgehead atoms. The average Bonchev–Trinajstić information content (AvgIpc) is 2.59. The third-order valence-electron chi connectivity index (χ3n) is 4.84. The zero-order valence-electron chi connectivity index (χ0n) is 16.5. The van der Waals surface area contributed by atoms with E-state index < -0.39 is 30.5 Å². The Morgan fingerprint density at radius 1 is 0.481 bits per heavy atom. The van der Waals surface area contributed by atoms with E-state index in [0.717, 1.165) is 0 Å². The third kappa shape index (κ3) is 4.75. The first-order valence-corrected chi connectivity index (χ1v) is 9.26. The zero-order valence-corrected chi connectivity index (χ0v) is 16.5. The van der Waals surface area contributed by atoms with Gasteiger partial charge in [0, 0.05) is 0 Å². The maximum absolute atomic E-state index is 10.4. The predicted molar refractivity (Wildman–Crippen MR) is 105 cm³/mol. The van der Waals surface area contributed by atoms with Crippen LogP contribution in [0.4, 0.5) is 0 Å². The summed E-state index contributed by atoms with van der Waals surface area (Å²) in [4.78, 5) is 0. The minimum atomic E-state index is -0.832. The molecule has 0 heterocycles. The summed E-state index contributed by atoms with van der Waals surface area (Å²) in [5.41, 5.74) is 4.36. The molecule has 5 N–H and O–H groups in total. The van der Waals surface area contributed by atoms with Crippen LogP contribution >= 0.6 is 0 Å². The van der Waals surface area contributed by atoms with E-state index in [2.05, 4.69) is 0 Å². The maximum atomic E-state index is 10.4. The van der Waals surface area contributed by atoms with Crippen molar-refractivity contribution in [2.24, 2.45) is 0 Å². The van der Waals surface area contributed by atoms with Gasteiger partial charge in [-0.3, -0.25) is 0 Å². The van der Waals surface area contributed by atoms with Gasteiger partial charge in [0.15, 0.2) is 0 Å². The second-order valence-corrected chi connectivity index (χ2v) is 7.34. The lowest BCUT2D eigenvalue weighted by Crippen LogP contribution is -2.07. The Morgan fingerprint density at radius 2 is 0.815 bits per heavy atom. The van der Waals surface area contributed by atoms with Crippen LogP contribution < -0.4 is 0 Å². The number of aliphatic hydroxyl groups excluding tert-OH is 5. The SMILES string of the molecule is CC(O)c1cc(-c2c(C(C)O)cc(C(C)O)cc2C(C)O)cc(C(C)O)c1. The Labute approximate surface area is 160 Å². The normalized spacial score (nSPS) is 17.3. The van der Waals surface area contributed by atoms with E-state index in [1.54, 1.807) is 65.0 Å². The van der Waals surface area contributed by atoms with Crippen molar-refractivity contribution in [1.29, 1.82) is 0 Å². The summed E-state index contributed by atoms with van der Waals surface area (Å²) in [5.74, 6) is 0. The van der Waals surface area contributed by atoms with Crippen molar-refractivity contribution in [3.8, 4) is 11.1 Å². The second-order valence-electron chi connectivity index (χ2n) is 7.34. The highest BCUT2D eigenvalue weighted by atomic mass is 16.3.